The van der Waals surface area contributed by atoms with Crippen molar-refractivity contribution in [1.82, 2.24) is 9.55 Å². The second-order valence-corrected chi connectivity index (χ2v) is 4.72. The molecule has 3 aromatic rings. The van der Waals surface area contributed by atoms with E-state index in [1.54, 1.807) is 18.2 Å². The number of anilines is 1. The molecule has 0 spiro atoms. The summed E-state index contributed by atoms with van der Waals surface area (Å²) in [4.78, 5) is 4.43. The monoisotopic (exact) mass is 291 g/mol. The largest absolute Gasteiger partial charge is 0.508 e. The molecule has 108 valence electrons. The Kier molecular flexibility index (Phi) is 3.46. The Hall–Kier alpha value is -3.33. The second-order valence-electron chi connectivity index (χ2n) is 4.72. The van der Waals surface area contributed by atoms with E-state index in [1.807, 2.05) is 41.9 Å². The summed E-state index contributed by atoms with van der Waals surface area (Å²) in [7, 11) is 1.84. The maximum atomic E-state index is 9.42. The molecular weight excluding hydrogens is 278 g/mol. The van der Waals surface area contributed by atoms with Gasteiger partial charge in [0.25, 0.3) is 0 Å². The topological polar surface area (TPSA) is 86.2 Å². The lowest BCUT2D eigenvalue weighted by Crippen LogP contribution is -2.08. The second kappa shape index (κ2) is 5.58. The summed E-state index contributed by atoms with van der Waals surface area (Å²) in [6.07, 6.45) is 0. The van der Waals surface area contributed by atoms with Crippen molar-refractivity contribution in [3.05, 3.63) is 54.4 Å². The van der Waals surface area contributed by atoms with Gasteiger partial charge in [-0.05, 0) is 24.3 Å². The van der Waals surface area contributed by atoms with E-state index < -0.39 is 0 Å². The highest BCUT2D eigenvalue weighted by Gasteiger charge is 2.13. The number of hydrogen-bond acceptors (Lipinski definition) is 5. The smallest absolute Gasteiger partial charge is 0.203 e. The van der Waals surface area contributed by atoms with Crippen LogP contribution in [0.4, 0.5) is 5.69 Å². The summed E-state index contributed by atoms with van der Waals surface area (Å²) < 4.78 is 1.82. The van der Waals surface area contributed by atoms with Crippen molar-refractivity contribution in [2.24, 2.45) is 12.1 Å². The Morgan fingerprint density at radius 1 is 1.27 bits per heavy atom. The molecule has 0 aliphatic heterocycles. The number of imidazole rings is 1. The van der Waals surface area contributed by atoms with E-state index in [1.165, 1.54) is 6.07 Å². The molecule has 1 aromatic heterocycles. The molecule has 0 unspecified atom stereocenters. The van der Waals surface area contributed by atoms with Gasteiger partial charge in [0.05, 0.1) is 16.7 Å². The average molecular weight is 291 g/mol. The van der Waals surface area contributed by atoms with Gasteiger partial charge in [-0.15, -0.1) is 0 Å². The first kappa shape index (κ1) is 13.6. The molecular formula is C16H13N5O. The maximum absolute atomic E-state index is 9.42. The molecule has 0 aliphatic carbocycles. The van der Waals surface area contributed by atoms with Crippen molar-refractivity contribution in [3.63, 3.8) is 0 Å². The van der Waals surface area contributed by atoms with E-state index in [0.717, 1.165) is 11.0 Å². The van der Waals surface area contributed by atoms with Gasteiger partial charge in [0, 0.05) is 13.1 Å². The van der Waals surface area contributed by atoms with Crippen molar-refractivity contribution in [1.29, 1.82) is 5.26 Å². The first-order valence-electron chi connectivity index (χ1n) is 6.63. The van der Waals surface area contributed by atoms with E-state index in [0.29, 0.717) is 11.5 Å². The number of aromatic hydroxyl groups is 1. The van der Waals surface area contributed by atoms with Gasteiger partial charge in [0.15, 0.2) is 5.82 Å². The van der Waals surface area contributed by atoms with Crippen LogP contribution in [-0.4, -0.2) is 20.4 Å². The van der Waals surface area contributed by atoms with E-state index >= 15 is 0 Å². The first-order chi connectivity index (χ1) is 10.7. The zero-order chi connectivity index (χ0) is 15.5. The highest BCUT2D eigenvalue weighted by molar-refractivity contribution is 6.11. The minimum absolute atomic E-state index is 0.126. The molecule has 2 aromatic carbocycles. The number of nitrogens with zero attached hydrogens (tertiary/aromatic N) is 4. The fourth-order valence-electron chi connectivity index (χ4n) is 2.18. The number of para-hydroxylation sites is 2. The molecule has 1 heterocycles. The fraction of sp³-hybridized carbons (Fsp3) is 0.0625. The number of hydrogen-bond donors (Lipinski definition) is 2. The molecule has 0 radical (unpaired) electrons. The molecule has 22 heavy (non-hydrogen) atoms. The maximum Gasteiger partial charge on any atom is 0.203 e. The van der Waals surface area contributed by atoms with Gasteiger partial charge in [-0.2, -0.15) is 10.4 Å². The SMILES string of the molecule is Cn1c(C(C#N)=NNc2cccc(O)c2)nc2ccccc21. The van der Waals surface area contributed by atoms with Crippen molar-refractivity contribution in [2.75, 3.05) is 5.43 Å². The predicted octanol–water partition coefficient (Wildman–Crippen LogP) is 2.62. The van der Waals surface area contributed by atoms with Gasteiger partial charge in [-0.1, -0.05) is 18.2 Å². The Balaban J connectivity index is 1.98. The number of rotatable bonds is 3. The van der Waals surface area contributed by atoms with Crippen LogP contribution in [0.5, 0.6) is 5.75 Å². The number of nitrogens with one attached hydrogen (secondary N) is 1. The zero-order valence-electron chi connectivity index (χ0n) is 11.9. The minimum Gasteiger partial charge on any atom is -0.508 e. The molecule has 0 fully saturated rings. The van der Waals surface area contributed by atoms with Gasteiger partial charge in [0.2, 0.25) is 5.71 Å². The average Bonchev–Trinajstić information content (AvgIpc) is 2.86. The molecule has 3 rings (SSSR count). The third-order valence-electron chi connectivity index (χ3n) is 3.25. The highest BCUT2D eigenvalue weighted by atomic mass is 16.3. The molecule has 0 saturated carbocycles. The van der Waals surface area contributed by atoms with Crippen LogP contribution in [-0.2, 0) is 7.05 Å². The summed E-state index contributed by atoms with van der Waals surface area (Å²) in [6.45, 7) is 0. The lowest BCUT2D eigenvalue weighted by molar-refractivity contribution is 0.475. The van der Waals surface area contributed by atoms with Gasteiger partial charge in [-0.25, -0.2) is 4.98 Å². The molecule has 0 saturated heterocycles. The fourth-order valence-corrected chi connectivity index (χ4v) is 2.18. The quantitative estimate of drug-likeness (QED) is 0.573. The highest BCUT2D eigenvalue weighted by Crippen LogP contribution is 2.17. The van der Waals surface area contributed by atoms with Crippen molar-refractivity contribution in [2.45, 2.75) is 0 Å². The summed E-state index contributed by atoms with van der Waals surface area (Å²) >= 11 is 0. The number of fused-ring (bicyclic) bond motifs is 1. The predicted molar refractivity (Wildman–Crippen MR) is 84.6 cm³/mol. The number of benzene rings is 2. The summed E-state index contributed by atoms with van der Waals surface area (Å²) in [5.41, 5.74) is 5.25. The molecule has 0 aliphatic rings. The minimum atomic E-state index is 0.126. The first-order valence-corrected chi connectivity index (χ1v) is 6.63. The van der Waals surface area contributed by atoms with Crippen molar-refractivity contribution >= 4 is 22.4 Å². The summed E-state index contributed by atoms with van der Waals surface area (Å²) in [5, 5.41) is 22.9. The Morgan fingerprint density at radius 3 is 2.82 bits per heavy atom. The Morgan fingerprint density at radius 2 is 2.09 bits per heavy atom. The van der Waals surface area contributed by atoms with E-state index in [9.17, 15) is 10.4 Å². The van der Waals surface area contributed by atoms with E-state index in [-0.39, 0.29) is 11.5 Å². The van der Waals surface area contributed by atoms with Crippen LogP contribution in [0.2, 0.25) is 0 Å². The molecule has 2 N–H and O–H groups in total. The van der Waals surface area contributed by atoms with Crippen LogP contribution >= 0.6 is 0 Å². The van der Waals surface area contributed by atoms with E-state index in [2.05, 4.69) is 15.5 Å². The number of hydrazone groups is 1. The van der Waals surface area contributed by atoms with Crippen molar-refractivity contribution in [3.8, 4) is 11.8 Å². The standard InChI is InChI=1S/C16H13N5O/c1-21-15-8-3-2-7-13(15)18-16(21)14(10-17)20-19-11-5-4-6-12(22)9-11/h2-9,19,22H,1H3. The van der Waals surface area contributed by atoms with Crippen LogP contribution < -0.4 is 5.43 Å². The number of phenols is 1. The number of phenolic OH excluding ortho intramolecular Hbond substituents is 1. The zero-order valence-corrected chi connectivity index (χ0v) is 11.9. The van der Waals surface area contributed by atoms with Crippen LogP contribution in [0.25, 0.3) is 11.0 Å². The lowest BCUT2D eigenvalue weighted by Gasteiger charge is -2.03. The number of aromatic nitrogens is 2. The molecule has 6 heteroatoms. The van der Waals surface area contributed by atoms with Crippen LogP contribution in [0.15, 0.2) is 53.6 Å². The normalized spacial score (nSPS) is 11.4. The van der Waals surface area contributed by atoms with Crippen LogP contribution in [0.1, 0.15) is 5.82 Å². The number of aryl methyl sites for hydroxylation is 1. The van der Waals surface area contributed by atoms with Crippen LogP contribution in [0, 0.1) is 11.3 Å². The van der Waals surface area contributed by atoms with Crippen molar-refractivity contribution < 1.29 is 5.11 Å². The van der Waals surface area contributed by atoms with Gasteiger partial charge in [0.1, 0.15) is 11.8 Å². The van der Waals surface area contributed by atoms with E-state index in [4.69, 9.17) is 0 Å². The Bertz CT molecular complexity index is 904. The third kappa shape index (κ3) is 2.47. The third-order valence-corrected chi connectivity index (χ3v) is 3.25. The molecule has 6 nitrogen and oxygen atoms in total. The molecule has 0 bridgehead atoms. The summed E-state index contributed by atoms with van der Waals surface area (Å²) in [6, 6.07) is 16.2. The van der Waals surface area contributed by atoms with Gasteiger partial charge < -0.3 is 9.67 Å². The van der Waals surface area contributed by atoms with Gasteiger partial charge in [-0.3, -0.25) is 5.43 Å². The van der Waals surface area contributed by atoms with Crippen LogP contribution in [0.3, 0.4) is 0 Å². The summed E-state index contributed by atoms with van der Waals surface area (Å²) in [5.74, 6) is 0.609. The molecule has 0 amide bonds. The lowest BCUT2D eigenvalue weighted by atomic mass is 10.3. The molecule has 0 atom stereocenters. The Labute approximate surface area is 127 Å². The number of nitriles is 1. The van der Waals surface area contributed by atoms with Gasteiger partial charge >= 0.3 is 0 Å².